The van der Waals surface area contributed by atoms with E-state index in [2.05, 4.69) is 65.7 Å². The van der Waals surface area contributed by atoms with E-state index in [0.717, 1.165) is 49.9 Å². The largest absolute Gasteiger partial charge is 1.00 e. The number of carbonyl (C=O) groups excluding carboxylic acids is 1. The zero-order chi connectivity index (χ0) is 54.5. The molecule has 390 valence electrons. The number of nitrogens with zero attached hydrogens (tertiary/aromatic N) is 7. The van der Waals surface area contributed by atoms with Crippen molar-refractivity contribution >= 4 is 153 Å². The Morgan fingerprint density at radius 3 is 1.69 bits per heavy atom. The third-order valence-electron chi connectivity index (χ3n) is 9.93. The number of aryl methyl sites for hydroxylation is 2. The van der Waals surface area contributed by atoms with Crippen molar-refractivity contribution in [2.75, 3.05) is 24.5 Å². The van der Waals surface area contributed by atoms with Crippen LogP contribution in [0.3, 0.4) is 0 Å². The smallest absolute Gasteiger partial charge is 1.00 e. The fourth-order valence-corrected chi connectivity index (χ4v) is 10.1. The second-order valence-electron chi connectivity index (χ2n) is 15.5. The third-order valence-corrected chi connectivity index (χ3v) is 13.6. The van der Waals surface area contributed by atoms with E-state index in [0.29, 0.717) is 59.5 Å². The molecule has 0 spiro atoms. The third kappa shape index (κ3) is 18.5. The van der Waals surface area contributed by atoms with E-state index < -0.39 is 36.7 Å². The molecule has 8 rings (SSSR count). The van der Waals surface area contributed by atoms with Crippen LogP contribution in [0.25, 0.3) is 32.7 Å². The van der Waals surface area contributed by atoms with Gasteiger partial charge in [0, 0.05) is 69.3 Å². The van der Waals surface area contributed by atoms with E-state index in [4.69, 9.17) is 59.5 Å². The molecule has 0 aliphatic carbocycles. The molecule has 0 aliphatic heterocycles. The van der Waals surface area contributed by atoms with Crippen LogP contribution in [0, 0.1) is 28.7 Å². The van der Waals surface area contributed by atoms with Gasteiger partial charge in [-0.25, -0.2) is 21.8 Å². The van der Waals surface area contributed by atoms with Gasteiger partial charge in [0.1, 0.15) is 11.9 Å². The first kappa shape index (κ1) is 65.1. The number of pyridine rings is 4. The molecular weight excluding hydrogens is 1370 g/mol. The zero-order valence-electron chi connectivity index (χ0n) is 39.8. The predicted molar refractivity (Wildman–Crippen MR) is 295 cm³/mol. The number of sulfone groups is 2. The van der Waals surface area contributed by atoms with Gasteiger partial charge in [0.05, 0.1) is 66.7 Å². The molecule has 18 nitrogen and oxygen atoms in total. The molecule has 5 aromatic heterocycles. The summed E-state index contributed by atoms with van der Waals surface area (Å²) in [5, 5.41) is 38.2. The molecule has 0 bridgehead atoms. The summed E-state index contributed by atoms with van der Waals surface area (Å²) >= 11 is 23.9. The van der Waals surface area contributed by atoms with Gasteiger partial charge in [-0.1, -0.05) is 45.9 Å². The number of halogens is 5. The second-order valence-corrected chi connectivity index (χ2v) is 22.8. The molecule has 5 N–H and O–H groups in total. The van der Waals surface area contributed by atoms with Crippen LogP contribution >= 0.6 is 77.7 Å². The maximum Gasteiger partial charge on any atom is 1.00 e. The van der Waals surface area contributed by atoms with Gasteiger partial charge in [-0.3, -0.25) is 28.6 Å². The molecule has 0 radical (unpaired) electrons. The maximum atomic E-state index is 12.9. The number of hydrogen-bond donors (Lipinski definition) is 4. The first-order valence-electron chi connectivity index (χ1n) is 20.4. The second kappa shape index (κ2) is 29.5. The van der Waals surface area contributed by atoms with Crippen molar-refractivity contribution in [3.05, 3.63) is 149 Å². The summed E-state index contributed by atoms with van der Waals surface area (Å²) in [5.74, 6) is -0.0707. The Morgan fingerprint density at radius 2 is 1.24 bits per heavy atom. The van der Waals surface area contributed by atoms with E-state index >= 15 is 0 Å². The number of fused-ring (bicyclic) bond motifs is 3. The van der Waals surface area contributed by atoms with Crippen LogP contribution in [0.4, 0.5) is 5.82 Å². The van der Waals surface area contributed by atoms with Crippen LogP contribution in [-0.2, 0) is 69.8 Å². The van der Waals surface area contributed by atoms with E-state index in [1.807, 2.05) is 31.2 Å². The Hall–Kier alpha value is -3.21. The standard InChI is InChI=1S/C24H22ClN7O3S.C11H10ClNO3S.C10H7ClINO.CH4O2S.Cu.HI.Na/c1-13-4-22(27)30-14(2)18(13)10-29-24(33)19-12-32(31-20(19)8-26)11-15-5-16-7-17(25)9-28-23(16)21(6-15)36(3,34)35;1-17(15,16)10-3-7(6-14)2-8-4-9(12)5-13-11(8)10;11-8-3-7-1-6(5-14)2-9(12)10(7)13-4-8;1-4(2)3;;;/h4-7,9,12H,10-11H2,1-3H3,(H2,27,30)(H,29,33);2-5,14H,6H2,1H3;1-4,14H,5H2;1H3,(H,2,3);;1H;/q;;;;+1;;+1/p-2. The fraction of sp³-hybridized carbons (Fsp3) is 0.196. The molecule has 1 unspecified atom stereocenters. The molecule has 0 saturated carbocycles. The van der Waals surface area contributed by atoms with E-state index in [1.54, 1.807) is 63.8 Å². The minimum Gasteiger partial charge on any atom is 1.00 e. The van der Waals surface area contributed by atoms with Gasteiger partial charge in [-0.05, 0) is 131 Å². The number of amides is 1. The van der Waals surface area contributed by atoms with E-state index in [9.17, 15) is 26.9 Å². The monoisotopic (exact) mass is 1400 g/mol. The number of benzene rings is 3. The number of aliphatic hydroxyl groups excluding tert-OH is 2. The molecule has 0 saturated heterocycles. The van der Waals surface area contributed by atoms with Gasteiger partial charge in [-0.2, -0.15) is 10.4 Å². The van der Waals surface area contributed by atoms with Crippen LogP contribution in [0.5, 0.6) is 0 Å². The Morgan fingerprint density at radius 1 is 0.811 bits per heavy atom. The number of nitrogens with two attached hydrogens (primary N) is 1. The summed E-state index contributed by atoms with van der Waals surface area (Å²) in [6.07, 6.45) is 9.17. The van der Waals surface area contributed by atoms with Crippen molar-refractivity contribution in [3.63, 3.8) is 0 Å². The van der Waals surface area contributed by atoms with Crippen LogP contribution in [0.15, 0.2) is 95.2 Å². The summed E-state index contributed by atoms with van der Waals surface area (Å²) in [5.41, 5.74) is 11.8. The normalized spacial score (nSPS) is 11.3. The van der Waals surface area contributed by atoms with Crippen molar-refractivity contribution in [1.29, 1.82) is 5.26 Å². The van der Waals surface area contributed by atoms with E-state index in [-0.39, 0.29) is 76.9 Å². The van der Waals surface area contributed by atoms with Crippen LogP contribution < -0.4 is 40.6 Å². The van der Waals surface area contributed by atoms with Gasteiger partial charge in [0.15, 0.2) is 25.4 Å². The molecule has 3 aromatic carbocycles. The average molecular weight is 1410 g/mol. The van der Waals surface area contributed by atoms with Gasteiger partial charge in [0.25, 0.3) is 5.91 Å². The molecule has 0 fully saturated rings. The number of nitriles is 1. The molecule has 0 aliphatic rings. The predicted octanol–water partition coefficient (Wildman–Crippen LogP) is 5.08. The topological polar surface area (TPSA) is 297 Å². The number of rotatable bonds is 9. The number of aromatic nitrogens is 6. The quantitative estimate of drug-likeness (QED) is 0.0832. The average Bonchev–Trinajstić information content (AvgIpc) is 3.73. The summed E-state index contributed by atoms with van der Waals surface area (Å²) in [7, 11) is -6.98. The molecular formula is C46H42Cl3CuI2N9NaO9S3. The molecule has 1 atom stereocenters. The number of carbonyl (C=O) groups is 1. The number of hydrogen-bond acceptors (Lipinski definition) is 16. The molecule has 74 heavy (non-hydrogen) atoms. The van der Waals surface area contributed by atoms with Crippen molar-refractivity contribution in [2.24, 2.45) is 0 Å². The Bertz CT molecular complexity index is 3630. The summed E-state index contributed by atoms with van der Waals surface area (Å²) in [6.45, 7) is 3.81. The number of nitrogen functional groups attached to an aromatic ring is 1. The van der Waals surface area contributed by atoms with Gasteiger partial charge in [-0.15, -0.1) is 0 Å². The number of anilines is 1. The maximum absolute atomic E-state index is 12.9. The zero-order valence-corrected chi connectivity index (χ0v) is 51.8. The molecule has 8 aromatic rings. The summed E-state index contributed by atoms with van der Waals surface area (Å²) < 4.78 is 68.5. The first-order valence-corrected chi connectivity index (χ1v) is 31.0. The Kier molecular flexibility index (Phi) is 25.9. The molecule has 5 heterocycles. The van der Waals surface area contributed by atoms with Gasteiger partial charge < -0.3 is 25.8 Å². The molecule has 1 amide bonds. The Labute approximate surface area is 499 Å². The number of aliphatic hydroxyl groups is 2. The van der Waals surface area contributed by atoms with Crippen molar-refractivity contribution in [2.45, 2.75) is 49.9 Å². The first-order chi connectivity index (χ1) is 34.3. The molecule has 28 heteroatoms. The van der Waals surface area contributed by atoms with Gasteiger partial charge in [0.2, 0.25) is 0 Å². The van der Waals surface area contributed by atoms with Crippen molar-refractivity contribution in [3.8, 4) is 6.07 Å². The van der Waals surface area contributed by atoms with Crippen molar-refractivity contribution < 1.29 is 82.9 Å². The SMILES string of the molecule is CS(=O)(=O)c1cc(CO)cc2cc(Cl)cnc12.CS(=O)[O-].Cc1cc(N)nc(C)c1CNC(=O)c1cn(Cc2cc(S(C)(=O)=O)c3ncc(Cl)cc3c2)nc1C#N.OCc1cc(I)c2ncc(Cl)cc2c1.[Cu][I].[Na+]. The van der Waals surface area contributed by atoms with Crippen molar-refractivity contribution in [1.82, 2.24) is 35.0 Å². The van der Waals surface area contributed by atoms with Crippen LogP contribution in [-0.4, -0.2) is 90.2 Å². The minimum absolute atomic E-state index is 0. The minimum atomic E-state index is -3.59. The number of nitrogens with one attached hydrogen (secondary N) is 1. The summed E-state index contributed by atoms with van der Waals surface area (Å²) in [4.78, 5) is 29.7. The van der Waals surface area contributed by atoms with Crippen LogP contribution in [0.2, 0.25) is 15.1 Å². The van der Waals surface area contributed by atoms with Gasteiger partial charge >= 0.3 is 62.7 Å². The van der Waals surface area contributed by atoms with Crippen LogP contribution in [0.1, 0.15) is 49.6 Å². The fourth-order valence-electron chi connectivity index (χ4n) is 6.93. The summed E-state index contributed by atoms with van der Waals surface area (Å²) in [6, 6.07) is 18.9. The Balaban J connectivity index is 0.000000313. The van der Waals surface area contributed by atoms with E-state index in [1.165, 1.54) is 35.4 Å².